The van der Waals surface area contributed by atoms with Crippen molar-refractivity contribution in [1.29, 1.82) is 0 Å². The van der Waals surface area contributed by atoms with Crippen molar-refractivity contribution in [3.63, 3.8) is 0 Å². The second-order valence-corrected chi connectivity index (χ2v) is 11.9. The highest BCUT2D eigenvalue weighted by atomic mass is 35.5. The first-order valence-corrected chi connectivity index (χ1v) is 13.9. The number of nitrogens with one attached hydrogen (secondary N) is 1. The molecule has 35 heavy (non-hydrogen) atoms. The van der Waals surface area contributed by atoms with Crippen molar-refractivity contribution in [2.75, 3.05) is 7.11 Å². The monoisotopic (exact) mass is 530 g/mol. The highest BCUT2D eigenvalue weighted by molar-refractivity contribution is 7.89. The predicted octanol–water partition coefficient (Wildman–Crippen LogP) is 5.84. The van der Waals surface area contributed by atoms with E-state index in [1.54, 1.807) is 42.0 Å². The van der Waals surface area contributed by atoms with Gasteiger partial charge >= 0.3 is 4.87 Å². The van der Waals surface area contributed by atoms with E-state index in [0.29, 0.717) is 34.0 Å². The zero-order valence-corrected chi connectivity index (χ0v) is 22.1. The second kappa shape index (κ2) is 10.5. The first-order chi connectivity index (χ1) is 16.7. The third-order valence-corrected chi connectivity index (χ3v) is 8.39. The summed E-state index contributed by atoms with van der Waals surface area (Å²) in [6, 6.07) is 19.1. The minimum absolute atomic E-state index is 0.132. The summed E-state index contributed by atoms with van der Waals surface area (Å²) in [4.78, 5) is 12.7. The van der Waals surface area contributed by atoms with Gasteiger partial charge in [-0.15, -0.1) is 0 Å². The number of benzene rings is 3. The lowest BCUT2D eigenvalue weighted by atomic mass is 9.98. The van der Waals surface area contributed by atoms with Crippen LogP contribution in [0.2, 0.25) is 5.02 Å². The lowest BCUT2D eigenvalue weighted by Crippen LogP contribution is -2.29. The normalized spacial score (nSPS) is 12.8. The Morgan fingerprint density at radius 3 is 2.34 bits per heavy atom. The number of methoxy groups -OCH3 is 1. The summed E-state index contributed by atoms with van der Waals surface area (Å²) in [7, 11) is -2.23. The molecule has 0 radical (unpaired) electrons. The van der Waals surface area contributed by atoms with Gasteiger partial charge in [0, 0.05) is 11.1 Å². The number of rotatable bonds is 9. The highest BCUT2D eigenvalue weighted by Crippen LogP contribution is 2.28. The van der Waals surface area contributed by atoms with Crippen LogP contribution in [-0.2, 0) is 16.6 Å². The molecule has 1 N–H and O–H groups in total. The van der Waals surface area contributed by atoms with Crippen LogP contribution >= 0.6 is 22.9 Å². The molecule has 1 heterocycles. The van der Waals surface area contributed by atoms with Crippen LogP contribution in [0, 0.1) is 5.92 Å². The fourth-order valence-corrected chi connectivity index (χ4v) is 6.34. The fourth-order valence-electron chi connectivity index (χ4n) is 3.95. The number of nitrogens with zero attached hydrogens (tertiary/aromatic N) is 1. The largest absolute Gasteiger partial charge is 0.497 e. The summed E-state index contributed by atoms with van der Waals surface area (Å²) < 4.78 is 37.1. The van der Waals surface area contributed by atoms with Gasteiger partial charge in [-0.1, -0.05) is 61.1 Å². The number of hydrogen-bond donors (Lipinski definition) is 1. The average Bonchev–Trinajstić information content (AvgIpc) is 3.14. The third-order valence-electron chi connectivity index (χ3n) is 5.73. The molecule has 0 fully saturated rings. The van der Waals surface area contributed by atoms with Gasteiger partial charge in [0.15, 0.2) is 0 Å². The van der Waals surface area contributed by atoms with Crippen LogP contribution in [0.4, 0.5) is 0 Å². The second-order valence-electron chi connectivity index (χ2n) is 8.79. The lowest BCUT2D eigenvalue weighted by Gasteiger charge is -2.21. The van der Waals surface area contributed by atoms with Gasteiger partial charge < -0.3 is 4.74 Å². The first-order valence-electron chi connectivity index (χ1n) is 11.2. The Labute approximate surface area is 214 Å². The molecular weight excluding hydrogens is 504 g/mol. The van der Waals surface area contributed by atoms with Crippen LogP contribution in [0.25, 0.3) is 10.2 Å². The van der Waals surface area contributed by atoms with Crippen LogP contribution in [0.15, 0.2) is 76.4 Å². The molecule has 1 aromatic heterocycles. The standard InChI is InChI=1S/C26H27ClN2O4S2/c1-17(2)14-23(19-6-10-21(33-3)11-7-19)28-35(31,32)22-12-13-24-25(15-22)34-26(30)29(24)16-18-4-8-20(27)9-5-18/h4-13,15,17,23,28H,14,16H2,1-3H3/t23-/m1/s1. The maximum absolute atomic E-state index is 13.4. The number of halogens is 1. The first kappa shape index (κ1) is 25.4. The van der Waals surface area contributed by atoms with Crippen LogP contribution in [-0.4, -0.2) is 20.1 Å². The molecule has 0 amide bonds. The highest BCUT2D eigenvalue weighted by Gasteiger charge is 2.23. The average molecular weight is 531 g/mol. The minimum Gasteiger partial charge on any atom is -0.497 e. The molecule has 4 aromatic rings. The lowest BCUT2D eigenvalue weighted by molar-refractivity contribution is 0.414. The summed E-state index contributed by atoms with van der Waals surface area (Å²) in [5.74, 6) is 0.989. The van der Waals surface area contributed by atoms with Crippen LogP contribution in [0.1, 0.15) is 37.4 Å². The molecule has 0 unspecified atom stereocenters. The molecule has 0 aliphatic rings. The fraction of sp³-hybridized carbons (Fsp3) is 0.269. The molecule has 0 spiro atoms. The Morgan fingerprint density at radius 1 is 1.03 bits per heavy atom. The van der Waals surface area contributed by atoms with Gasteiger partial charge in [0.05, 0.1) is 28.8 Å². The van der Waals surface area contributed by atoms with Gasteiger partial charge in [0.25, 0.3) is 0 Å². The summed E-state index contributed by atoms with van der Waals surface area (Å²) in [5.41, 5.74) is 2.50. The van der Waals surface area contributed by atoms with E-state index in [9.17, 15) is 13.2 Å². The molecular formula is C26H27ClN2O4S2. The van der Waals surface area contributed by atoms with Crippen molar-refractivity contribution in [3.05, 3.63) is 92.5 Å². The van der Waals surface area contributed by atoms with E-state index in [-0.39, 0.29) is 15.7 Å². The Bertz CT molecular complexity index is 1470. The van der Waals surface area contributed by atoms with E-state index in [1.807, 2.05) is 36.4 Å². The number of ether oxygens (including phenoxy) is 1. The third kappa shape index (κ3) is 5.95. The van der Waals surface area contributed by atoms with Crippen molar-refractivity contribution in [3.8, 4) is 5.75 Å². The van der Waals surface area contributed by atoms with Crippen molar-refractivity contribution in [2.24, 2.45) is 5.92 Å². The van der Waals surface area contributed by atoms with E-state index in [1.165, 1.54) is 0 Å². The zero-order valence-electron chi connectivity index (χ0n) is 19.7. The van der Waals surface area contributed by atoms with E-state index in [0.717, 1.165) is 22.5 Å². The van der Waals surface area contributed by atoms with E-state index in [4.69, 9.17) is 16.3 Å². The van der Waals surface area contributed by atoms with E-state index < -0.39 is 16.1 Å². The van der Waals surface area contributed by atoms with Crippen molar-refractivity contribution in [1.82, 2.24) is 9.29 Å². The van der Waals surface area contributed by atoms with Gasteiger partial charge in [-0.25, -0.2) is 13.1 Å². The quantitative estimate of drug-likeness (QED) is 0.295. The summed E-state index contributed by atoms with van der Waals surface area (Å²) in [6.07, 6.45) is 0.638. The van der Waals surface area contributed by atoms with Crippen LogP contribution in [0.5, 0.6) is 5.75 Å². The predicted molar refractivity (Wildman–Crippen MR) is 142 cm³/mol. The molecule has 0 saturated heterocycles. The molecule has 0 aliphatic heterocycles. The maximum Gasteiger partial charge on any atom is 0.308 e. The maximum atomic E-state index is 13.4. The number of thiazole rings is 1. The number of fused-ring (bicyclic) bond motifs is 1. The zero-order chi connectivity index (χ0) is 25.2. The molecule has 0 bridgehead atoms. The summed E-state index contributed by atoms with van der Waals surface area (Å²) >= 11 is 7.00. The smallest absolute Gasteiger partial charge is 0.308 e. The SMILES string of the molecule is COc1ccc([C@@H](CC(C)C)NS(=O)(=O)c2ccc3c(c2)sc(=O)n3Cc2ccc(Cl)cc2)cc1. The molecule has 6 nitrogen and oxygen atoms in total. The molecule has 0 saturated carbocycles. The molecule has 4 rings (SSSR count). The Hall–Kier alpha value is -2.65. The van der Waals surface area contributed by atoms with Gasteiger partial charge in [-0.2, -0.15) is 0 Å². The number of hydrogen-bond acceptors (Lipinski definition) is 5. The van der Waals surface area contributed by atoms with Crippen LogP contribution in [0.3, 0.4) is 0 Å². The molecule has 3 aromatic carbocycles. The Morgan fingerprint density at radius 2 is 1.71 bits per heavy atom. The van der Waals surface area contributed by atoms with E-state index in [2.05, 4.69) is 18.6 Å². The van der Waals surface area contributed by atoms with Gasteiger partial charge in [-0.3, -0.25) is 9.36 Å². The van der Waals surface area contributed by atoms with Gasteiger partial charge in [0.1, 0.15) is 5.75 Å². The Balaban J connectivity index is 1.63. The number of aromatic nitrogens is 1. The number of sulfonamides is 1. The molecule has 0 aliphatic carbocycles. The van der Waals surface area contributed by atoms with Crippen molar-refractivity contribution >= 4 is 43.2 Å². The van der Waals surface area contributed by atoms with Gasteiger partial charge in [0.2, 0.25) is 10.0 Å². The van der Waals surface area contributed by atoms with E-state index >= 15 is 0 Å². The van der Waals surface area contributed by atoms with Gasteiger partial charge in [-0.05, 0) is 65.9 Å². The van der Waals surface area contributed by atoms with Crippen molar-refractivity contribution < 1.29 is 13.2 Å². The van der Waals surface area contributed by atoms with Crippen molar-refractivity contribution in [2.45, 2.75) is 37.8 Å². The summed E-state index contributed by atoms with van der Waals surface area (Å²) in [5, 5.41) is 0.629. The molecule has 1 atom stereocenters. The molecule has 9 heteroatoms. The van der Waals surface area contributed by atoms with Crippen LogP contribution < -0.4 is 14.3 Å². The molecule has 184 valence electrons. The minimum atomic E-state index is -3.83. The topological polar surface area (TPSA) is 77.4 Å². The Kier molecular flexibility index (Phi) is 7.66. The summed E-state index contributed by atoms with van der Waals surface area (Å²) in [6.45, 7) is 4.49.